The summed E-state index contributed by atoms with van der Waals surface area (Å²) in [5.74, 6) is 0.725. The molecule has 2 aromatic heterocycles. The summed E-state index contributed by atoms with van der Waals surface area (Å²) in [5, 5.41) is 0.899. The van der Waals surface area contributed by atoms with Gasteiger partial charge in [-0.15, -0.1) is 0 Å². The molecule has 5 aromatic rings. The molecule has 0 atom stereocenters. The van der Waals surface area contributed by atoms with Crippen LogP contribution in [0.15, 0.2) is 82.4 Å². The van der Waals surface area contributed by atoms with Gasteiger partial charge in [-0.3, -0.25) is 13.9 Å². The van der Waals surface area contributed by atoms with Crippen molar-refractivity contribution >= 4 is 21.9 Å². The Balaban J connectivity index is 1.84. The lowest BCUT2D eigenvalue weighted by Crippen LogP contribution is -2.40. The zero-order chi connectivity index (χ0) is 23.1. The van der Waals surface area contributed by atoms with E-state index in [1.54, 1.807) is 11.7 Å². The van der Waals surface area contributed by atoms with Crippen molar-refractivity contribution in [3.63, 3.8) is 0 Å². The molecule has 0 aliphatic rings. The van der Waals surface area contributed by atoms with Crippen molar-refractivity contribution < 1.29 is 4.74 Å². The van der Waals surface area contributed by atoms with Crippen LogP contribution in [0.1, 0.15) is 16.7 Å². The molecule has 0 unspecified atom stereocenters. The van der Waals surface area contributed by atoms with E-state index in [1.165, 1.54) is 4.57 Å². The molecule has 6 heteroatoms. The SMILES string of the molecule is COc1cccc(Cn2c(=O)n(Cc3ccccc3)c(=O)c3c2c2cc(C)ccc2n3C)c1. The smallest absolute Gasteiger partial charge is 0.332 e. The van der Waals surface area contributed by atoms with Crippen molar-refractivity contribution in [3.8, 4) is 5.75 Å². The maximum absolute atomic E-state index is 13.8. The molecule has 0 saturated carbocycles. The number of aryl methyl sites for hydroxylation is 2. The van der Waals surface area contributed by atoms with Crippen LogP contribution >= 0.6 is 0 Å². The Morgan fingerprint density at radius 2 is 1.52 bits per heavy atom. The number of nitrogens with zero attached hydrogens (tertiary/aromatic N) is 3. The second-order valence-corrected chi connectivity index (χ2v) is 8.37. The highest BCUT2D eigenvalue weighted by Crippen LogP contribution is 2.27. The van der Waals surface area contributed by atoms with Crippen LogP contribution in [0.3, 0.4) is 0 Å². The van der Waals surface area contributed by atoms with E-state index in [4.69, 9.17) is 4.74 Å². The highest BCUT2D eigenvalue weighted by molar-refractivity contribution is 6.06. The molecule has 0 fully saturated rings. The van der Waals surface area contributed by atoms with Crippen molar-refractivity contribution in [2.24, 2.45) is 7.05 Å². The summed E-state index contributed by atoms with van der Waals surface area (Å²) in [6.45, 7) is 2.56. The summed E-state index contributed by atoms with van der Waals surface area (Å²) in [7, 11) is 3.51. The quantitative estimate of drug-likeness (QED) is 0.415. The summed E-state index contributed by atoms with van der Waals surface area (Å²) < 4.78 is 10.3. The van der Waals surface area contributed by atoms with Crippen LogP contribution < -0.4 is 16.0 Å². The van der Waals surface area contributed by atoms with Crippen LogP contribution in [-0.2, 0) is 20.1 Å². The largest absolute Gasteiger partial charge is 0.497 e. The second kappa shape index (κ2) is 8.13. The first-order valence-electron chi connectivity index (χ1n) is 10.9. The Kier molecular flexibility index (Phi) is 5.13. The monoisotopic (exact) mass is 439 g/mol. The van der Waals surface area contributed by atoms with Crippen LogP contribution in [0.25, 0.3) is 21.9 Å². The Morgan fingerprint density at radius 3 is 2.27 bits per heavy atom. The van der Waals surface area contributed by atoms with E-state index in [2.05, 4.69) is 0 Å². The molecule has 3 aromatic carbocycles. The van der Waals surface area contributed by atoms with E-state index in [-0.39, 0.29) is 17.8 Å². The van der Waals surface area contributed by atoms with E-state index in [1.807, 2.05) is 91.3 Å². The van der Waals surface area contributed by atoms with Gasteiger partial charge in [0.05, 0.1) is 31.2 Å². The van der Waals surface area contributed by atoms with Gasteiger partial charge in [0, 0.05) is 12.4 Å². The molecular weight excluding hydrogens is 414 g/mol. The first-order valence-corrected chi connectivity index (χ1v) is 10.9. The minimum atomic E-state index is -0.326. The maximum Gasteiger partial charge on any atom is 0.332 e. The van der Waals surface area contributed by atoms with Crippen molar-refractivity contribution in [2.45, 2.75) is 20.0 Å². The summed E-state index contributed by atoms with van der Waals surface area (Å²) in [4.78, 5) is 27.4. The van der Waals surface area contributed by atoms with Gasteiger partial charge >= 0.3 is 5.69 Å². The van der Waals surface area contributed by atoms with Gasteiger partial charge in [0.25, 0.3) is 5.56 Å². The molecule has 5 rings (SSSR count). The van der Waals surface area contributed by atoms with Crippen molar-refractivity contribution in [3.05, 3.63) is 110 Å². The normalized spacial score (nSPS) is 11.4. The third kappa shape index (κ3) is 3.53. The van der Waals surface area contributed by atoms with E-state index >= 15 is 0 Å². The number of aromatic nitrogens is 3. The average molecular weight is 440 g/mol. The predicted octanol–water partition coefficient (Wildman–Crippen LogP) is 4.07. The lowest BCUT2D eigenvalue weighted by Gasteiger charge is -2.14. The number of rotatable bonds is 5. The van der Waals surface area contributed by atoms with Gasteiger partial charge in [0.2, 0.25) is 0 Å². The van der Waals surface area contributed by atoms with Gasteiger partial charge in [0.15, 0.2) is 0 Å². The van der Waals surface area contributed by atoms with E-state index in [0.717, 1.165) is 33.3 Å². The Labute approximate surface area is 190 Å². The molecule has 0 N–H and O–H groups in total. The molecular formula is C27H25N3O3. The maximum atomic E-state index is 13.8. The Morgan fingerprint density at radius 1 is 0.788 bits per heavy atom. The molecule has 166 valence electrons. The highest BCUT2D eigenvalue weighted by atomic mass is 16.5. The molecule has 0 saturated heterocycles. The van der Waals surface area contributed by atoms with E-state index < -0.39 is 0 Å². The molecule has 2 heterocycles. The fraction of sp³-hybridized carbons (Fsp3) is 0.185. The van der Waals surface area contributed by atoms with Crippen LogP contribution in [0.5, 0.6) is 5.75 Å². The van der Waals surface area contributed by atoms with Crippen LogP contribution in [-0.4, -0.2) is 20.8 Å². The first kappa shape index (κ1) is 20.8. The lowest BCUT2D eigenvalue weighted by atomic mass is 10.1. The highest BCUT2D eigenvalue weighted by Gasteiger charge is 2.21. The summed E-state index contributed by atoms with van der Waals surface area (Å²) >= 11 is 0. The molecule has 6 nitrogen and oxygen atoms in total. The zero-order valence-electron chi connectivity index (χ0n) is 18.9. The van der Waals surface area contributed by atoms with E-state index in [0.29, 0.717) is 17.6 Å². The Bertz CT molecular complexity index is 1610. The van der Waals surface area contributed by atoms with Gasteiger partial charge in [0.1, 0.15) is 11.3 Å². The average Bonchev–Trinajstić information content (AvgIpc) is 3.12. The van der Waals surface area contributed by atoms with Crippen LogP contribution in [0.2, 0.25) is 0 Å². The number of fused-ring (bicyclic) bond motifs is 3. The standard InChI is InChI=1S/C27H25N3O3/c1-18-12-13-23-22(14-18)24-25(28(23)2)26(31)30(16-19-8-5-4-6-9-19)27(32)29(24)17-20-10-7-11-21(15-20)33-3/h4-15H,16-17H2,1-3H3. The first-order chi connectivity index (χ1) is 16.0. The predicted molar refractivity (Wildman–Crippen MR) is 131 cm³/mol. The van der Waals surface area contributed by atoms with Crippen LogP contribution in [0.4, 0.5) is 0 Å². The number of hydrogen-bond acceptors (Lipinski definition) is 3. The number of ether oxygens (including phenoxy) is 1. The molecule has 0 aliphatic carbocycles. The van der Waals surface area contributed by atoms with Crippen molar-refractivity contribution in [1.82, 2.24) is 13.7 Å². The topological polar surface area (TPSA) is 58.2 Å². The molecule has 0 amide bonds. The Hall–Kier alpha value is -4.06. The molecule has 33 heavy (non-hydrogen) atoms. The molecule has 0 radical (unpaired) electrons. The number of methoxy groups -OCH3 is 1. The number of hydrogen-bond donors (Lipinski definition) is 0. The second-order valence-electron chi connectivity index (χ2n) is 8.37. The fourth-order valence-corrected chi connectivity index (χ4v) is 4.52. The van der Waals surface area contributed by atoms with Crippen molar-refractivity contribution in [2.75, 3.05) is 7.11 Å². The van der Waals surface area contributed by atoms with Gasteiger partial charge in [-0.2, -0.15) is 0 Å². The van der Waals surface area contributed by atoms with Crippen molar-refractivity contribution in [1.29, 1.82) is 0 Å². The molecule has 0 spiro atoms. The minimum absolute atomic E-state index is 0.215. The van der Waals surface area contributed by atoms with Gasteiger partial charge < -0.3 is 9.30 Å². The third-order valence-corrected chi connectivity index (χ3v) is 6.17. The summed E-state index contributed by atoms with van der Waals surface area (Å²) in [5.41, 5.74) is 4.40. The summed E-state index contributed by atoms with van der Waals surface area (Å²) in [6, 6.07) is 23.3. The number of benzene rings is 3. The minimum Gasteiger partial charge on any atom is -0.497 e. The lowest BCUT2D eigenvalue weighted by molar-refractivity contribution is 0.414. The summed E-state index contributed by atoms with van der Waals surface area (Å²) in [6.07, 6.45) is 0. The van der Waals surface area contributed by atoms with Crippen LogP contribution in [0, 0.1) is 6.92 Å². The van der Waals surface area contributed by atoms with Gasteiger partial charge in [-0.25, -0.2) is 4.79 Å². The third-order valence-electron chi connectivity index (χ3n) is 6.17. The fourth-order valence-electron chi connectivity index (χ4n) is 4.52. The molecule has 0 aliphatic heterocycles. The van der Waals surface area contributed by atoms with Gasteiger partial charge in [-0.1, -0.05) is 54.1 Å². The zero-order valence-corrected chi connectivity index (χ0v) is 18.9. The van der Waals surface area contributed by atoms with E-state index in [9.17, 15) is 9.59 Å². The van der Waals surface area contributed by atoms with Gasteiger partial charge in [-0.05, 0) is 42.3 Å². The molecule has 0 bridgehead atoms.